The number of hydrogen-bond acceptors (Lipinski definition) is 0. The van der Waals surface area contributed by atoms with Crippen molar-refractivity contribution in [1.82, 2.24) is 0 Å². The van der Waals surface area contributed by atoms with Crippen LogP contribution in [-0.2, 0) is 0 Å². The normalized spacial score (nSPS) is 30.4. The van der Waals surface area contributed by atoms with Crippen molar-refractivity contribution in [3.8, 4) is 0 Å². The first-order valence-corrected chi connectivity index (χ1v) is 6.39. The lowest BCUT2D eigenvalue weighted by Crippen LogP contribution is -2.47. The highest BCUT2D eigenvalue weighted by Crippen LogP contribution is 2.50. The van der Waals surface area contributed by atoms with E-state index in [1.165, 1.54) is 0 Å². The van der Waals surface area contributed by atoms with E-state index in [-0.39, 0.29) is 10.3 Å². The van der Waals surface area contributed by atoms with Gasteiger partial charge in [0, 0.05) is 9.84 Å². The molecule has 1 saturated carbocycles. The summed E-state index contributed by atoms with van der Waals surface area (Å²) in [6, 6.07) is 0. The van der Waals surface area contributed by atoms with Crippen molar-refractivity contribution >= 4 is 38.5 Å². The van der Waals surface area contributed by atoms with Crippen molar-refractivity contribution in [1.29, 1.82) is 0 Å². The fourth-order valence-electron chi connectivity index (χ4n) is 1.70. The Morgan fingerprint density at radius 2 is 1.57 bits per heavy atom. The Labute approximate surface area is 102 Å². The molecule has 1 fully saturated rings. The van der Waals surface area contributed by atoms with Crippen LogP contribution in [0.2, 0.25) is 0 Å². The standard InChI is InChI=1S/C8H10BrF4I/c9-8(12,13)7(10,11)5-3-1-2-4-6(5)14/h5-6H,1-4H2/t5-,6-/m0/s1. The summed E-state index contributed by atoms with van der Waals surface area (Å²) in [5, 5.41) is 0. The minimum Gasteiger partial charge on any atom is -0.198 e. The lowest BCUT2D eigenvalue weighted by molar-refractivity contribution is -0.185. The third kappa shape index (κ3) is 2.54. The van der Waals surface area contributed by atoms with Crippen LogP contribution in [0.4, 0.5) is 17.6 Å². The van der Waals surface area contributed by atoms with Crippen LogP contribution in [-0.4, -0.2) is 14.7 Å². The van der Waals surface area contributed by atoms with Crippen LogP contribution in [0, 0.1) is 5.92 Å². The first kappa shape index (κ1) is 13.0. The Hall–Kier alpha value is 0.930. The van der Waals surface area contributed by atoms with Crippen LogP contribution in [0.1, 0.15) is 25.7 Å². The topological polar surface area (TPSA) is 0 Å². The molecule has 0 bridgehead atoms. The first-order chi connectivity index (χ1) is 6.27. The van der Waals surface area contributed by atoms with E-state index in [1.807, 2.05) is 22.6 Å². The van der Waals surface area contributed by atoms with Gasteiger partial charge in [-0.1, -0.05) is 35.4 Å². The molecule has 0 saturated heterocycles. The largest absolute Gasteiger partial charge is 0.363 e. The van der Waals surface area contributed by atoms with E-state index < -0.39 is 16.7 Å². The molecule has 84 valence electrons. The second-order valence-corrected chi connectivity index (χ2v) is 6.12. The highest BCUT2D eigenvalue weighted by Gasteiger charge is 2.60. The van der Waals surface area contributed by atoms with E-state index in [9.17, 15) is 17.6 Å². The molecule has 0 nitrogen and oxygen atoms in total. The lowest BCUT2D eigenvalue weighted by Gasteiger charge is -2.35. The zero-order valence-corrected chi connectivity index (χ0v) is 11.0. The van der Waals surface area contributed by atoms with Crippen molar-refractivity contribution in [2.45, 2.75) is 40.4 Å². The maximum absolute atomic E-state index is 13.3. The lowest BCUT2D eigenvalue weighted by atomic mass is 9.84. The Balaban J connectivity index is 2.79. The highest BCUT2D eigenvalue weighted by atomic mass is 127. The molecule has 0 aromatic rings. The molecule has 6 heteroatoms. The van der Waals surface area contributed by atoms with Crippen LogP contribution in [0.3, 0.4) is 0 Å². The Bertz CT molecular complexity index is 204. The zero-order chi connectivity index (χ0) is 11.0. The Kier molecular flexibility index (Phi) is 4.11. The van der Waals surface area contributed by atoms with Crippen LogP contribution in [0.15, 0.2) is 0 Å². The number of halogens is 6. The van der Waals surface area contributed by atoms with Gasteiger partial charge in [-0.05, 0) is 28.8 Å². The van der Waals surface area contributed by atoms with E-state index in [0.717, 1.165) is 6.42 Å². The summed E-state index contributed by atoms with van der Waals surface area (Å²) >= 11 is 3.63. The predicted molar refractivity (Wildman–Crippen MR) is 58.6 cm³/mol. The van der Waals surface area contributed by atoms with Gasteiger partial charge >= 0.3 is 10.8 Å². The minimum absolute atomic E-state index is 0.182. The summed E-state index contributed by atoms with van der Waals surface area (Å²) in [5.74, 6) is -5.16. The molecule has 1 rings (SSSR count). The molecule has 0 aromatic heterocycles. The molecule has 0 amide bonds. The first-order valence-electron chi connectivity index (χ1n) is 4.35. The van der Waals surface area contributed by atoms with E-state index >= 15 is 0 Å². The maximum Gasteiger partial charge on any atom is 0.363 e. The van der Waals surface area contributed by atoms with E-state index in [2.05, 4.69) is 0 Å². The average molecular weight is 389 g/mol. The number of alkyl halides is 6. The van der Waals surface area contributed by atoms with E-state index in [1.54, 1.807) is 15.9 Å². The summed E-state index contributed by atoms with van der Waals surface area (Å²) < 4.78 is 51.4. The summed E-state index contributed by atoms with van der Waals surface area (Å²) in [4.78, 5) is -4.09. The van der Waals surface area contributed by atoms with Crippen LogP contribution in [0.25, 0.3) is 0 Å². The van der Waals surface area contributed by atoms with Crippen molar-refractivity contribution in [3.63, 3.8) is 0 Å². The van der Waals surface area contributed by atoms with Crippen LogP contribution < -0.4 is 0 Å². The molecule has 14 heavy (non-hydrogen) atoms. The maximum atomic E-state index is 13.3. The number of rotatable bonds is 2. The van der Waals surface area contributed by atoms with Gasteiger partial charge in [0.15, 0.2) is 0 Å². The molecule has 0 N–H and O–H groups in total. The van der Waals surface area contributed by atoms with E-state index in [4.69, 9.17) is 0 Å². The van der Waals surface area contributed by atoms with Crippen molar-refractivity contribution in [3.05, 3.63) is 0 Å². The minimum atomic E-state index is -4.09. The third-order valence-electron chi connectivity index (χ3n) is 2.53. The molecule has 1 aliphatic carbocycles. The summed E-state index contributed by atoms with van der Waals surface area (Å²) in [5.41, 5.74) is 0. The van der Waals surface area contributed by atoms with Crippen molar-refractivity contribution in [2.24, 2.45) is 5.92 Å². The van der Waals surface area contributed by atoms with Gasteiger partial charge in [-0.15, -0.1) is 0 Å². The van der Waals surface area contributed by atoms with Gasteiger partial charge in [0.05, 0.1) is 0 Å². The van der Waals surface area contributed by atoms with Gasteiger partial charge in [-0.2, -0.15) is 17.6 Å². The predicted octanol–water partition coefficient (Wildman–Crippen LogP) is 4.60. The molecule has 0 aromatic carbocycles. The smallest absolute Gasteiger partial charge is 0.198 e. The average Bonchev–Trinajstić information content (AvgIpc) is 2.02. The molecular formula is C8H10BrF4I. The molecule has 0 radical (unpaired) electrons. The zero-order valence-electron chi connectivity index (χ0n) is 7.25. The number of hydrogen-bond donors (Lipinski definition) is 0. The Morgan fingerprint density at radius 3 is 2.00 bits per heavy atom. The summed E-state index contributed by atoms with van der Waals surface area (Å²) in [7, 11) is 0. The van der Waals surface area contributed by atoms with E-state index in [0.29, 0.717) is 12.8 Å². The molecule has 0 unspecified atom stereocenters. The van der Waals surface area contributed by atoms with Gasteiger partial charge in [-0.3, -0.25) is 0 Å². The molecular weight excluding hydrogens is 379 g/mol. The van der Waals surface area contributed by atoms with Crippen molar-refractivity contribution < 1.29 is 17.6 Å². The summed E-state index contributed by atoms with van der Waals surface area (Å²) in [6.07, 6.45) is 2.25. The highest BCUT2D eigenvalue weighted by molar-refractivity contribution is 14.1. The quantitative estimate of drug-likeness (QED) is 0.368. The van der Waals surface area contributed by atoms with Gasteiger partial charge in [0.2, 0.25) is 0 Å². The fourth-order valence-corrected chi connectivity index (χ4v) is 3.25. The fraction of sp³-hybridized carbons (Fsp3) is 1.00. The molecule has 0 aliphatic heterocycles. The molecule has 0 heterocycles. The van der Waals surface area contributed by atoms with Crippen LogP contribution >= 0.6 is 38.5 Å². The Morgan fingerprint density at radius 1 is 1.07 bits per heavy atom. The monoisotopic (exact) mass is 388 g/mol. The second kappa shape index (κ2) is 4.43. The molecule has 0 spiro atoms. The summed E-state index contributed by atoms with van der Waals surface area (Å²) in [6.45, 7) is 0. The second-order valence-electron chi connectivity index (χ2n) is 3.53. The van der Waals surface area contributed by atoms with Gasteiger partial charge in [-0.25, -0.2) is 0 Å². The molecule has 1 aliphatic rings. The van der Waals surface area contributed by atoms with Crippen molar-refractivity contribution in [2.75, 3.05) is 0 Å². The van der Waals surface area contributed by atoms with Gasteiger partial charge in [0.25, 0.3) is 0 Å². The third-order valence-corrected chi connectivity index (χ3v) is 4.54. The SMILES string of the molecule is FC(F)(Br)C(F)(F)[C@H]1CCCC[C@@H]1I. The molecule has 2 atom stereocenters. The van der Waals surface area contributed by atoms with Crippen LogP contribution in [0.5, 0.6) is 0 Å². The van der Waals surface area contributed by atoms with Gasteiger partial charge < -0.3 is 0 Å². The van der Waals surface area contributed by atoms with Gasteiger partial charge in [0.1, 0.15) is 0 Å².